The molecule has 1 aliphatic heterocycles. The van der Waals surface area contributed by atoms with Gasteiger partial charge in [-0.15, -0.1) is 0 Å². The maximum Gasteiger partial charge on any atom is 0.416 e. The molecular formula is C17H24F3N. The van der Waals surface area contributed by atoms with E-state index in [0.717, 1.165) is 32.2 Å². The van der Waals surface area contributed by atoms with Crippen LogP contribution < -0.4 is 5.32 Å². The molecule has 118 valence electrons. The molecule has 1 saturated heterocycles. The summed E-state index contributed by atoms with van der Waals surface area (Å²) in [5.41, 5.74) is -0.256. The lowest BCUT2D eigenvalue weighted by Gasteiger charge is -2.40. The van der Waals surface area contributed by atoms with E-state index in [1.165, 1.54) is 12.1 Å². The van der Waals surface area contributed by atoms with E-state index in [9.17, 15) is 13.2 Å². The first-order valence-corrected chi connectivity index (χ1v) is 7.73. The normalized spacial score (nSPS) is 23.5. The van der Waals surface area contributed by atoms with Gasteiger partial charge in [-0.25, -0.2) is 0 Å². The molecule has 1 unspecified atom stereocenters. The van der Waals surface area contributed by atoms with E-state index in [4.69, 9.17) is 0 Å². The number of halogens is 3. The smallest absolute Gasteiger partial charge is 0.311 e. The van der Waals surface area contributed by atoms with Crippen LogP contribution in [0.25, 0.3) is 0 Å². The second-order valence-electron chi connectivity index (χ2n) is 6.59. The van der Waals surface area contributed by atoms with Crippen molar-refractivity contribution in [2.75, 3.05) is 6.54 Å². The van der Waals surface area contributed by atoms with E-state index in [2.05, 4.69) is 19.2 Å². The predicted molar refractivity (Wildman–Crippen MR) is 79.2 cm³/mol. The Balaban J connectivity index is 2.29. The van der Waals surface area contributed by atoms with Crippen molar-refractivity contribution >= 4 is 0 Å². The minimum Gasteiger partial charge on any atom is -0.311 e. The van der Waals surface area contributed by atoms with Gasteiger partial charge in [-0.2, -0.15) is 13.2 Å². The molecule has 1 aliphatic rings. The molecule has 0 saturated carbocycles. The summed E-state index contributed by atoms with van der Waals surface area (Å²) in [6, 6.07) is 5.99. The fraction of sp³-hybridized carbons (Fsp3) is 0.647. The lowest BCUT2D eigenvalue weighted by Crippen LogP contribution is -2.51. The number of piperidine rings is 1. The third-order valence-electron chi connectivity index (χ3n) is 4.23. The Morgan fingerprint density at radius 3 is 2.48 bits per heavy atom. The molecule has 0 radical (unpaired) electrons. The van der Waals surface area contributed by atoms with Crippen LogP contribution in [0.1, 0.15) is 50.7 Å². The zero-order chi connectivity index (χ0) is 15.5. The lowest BCUT2D eigenvalue weighted by atomic mass is 9.77. The van der Waals surface area contributed by atoms with Crippen molar-refractivity contribution in [2.45, 2.75) is 57.7 Å². The number of nitrogens with one attached hydrogen (secondary N) is 1. The van der Waals surface area contributed by atoms with Crippen LogP contribution in [-0.4, -0.2) is 12.1 Å². The molecule has 0 spiro atoms. The van der Waals surface area contributed by atoms with E-state index in [1.807, 2.05) is 0 Å². The van der Waals surface area contributed by atoms with Crippen LogP contribution in [0.3, 0.4) is 0 Å². The van der Waals surface area contributed by atoms with Gasteiger partial charge in [0.2, 0.25) is 0 Å². The zero-order valence-corrected chi connectivity index (χ0v) is 12.8. The summed E-state index contributed by atoms with van der Waals surface area (Å²) in [7, 11) is 0. The Kier molecular flexibility index (Phi) is 4.97. The topological polar surface area (TPSA) is 12.0 Å². The summed E-state index contributed by atoms with van der Waals surface area (Å²) in [5.74, 6) is 0.466. The van der Waals surface area contributed by atoms with Gasteiger partial charge in [0.15, 0.2) is 0 Å². The third-order valence-corrected chi connectivity index (χ3v) is 4.23. The minimum atomic E-state index is -4.27. The highest BCUT2D eigenvalue weighted by Crippen LogP contribution is 2.36. The van der Waals surface area contributed by atoms with Crippen LogP contribution in [0, 0.1) is 5.92 Å². The molecule has 1 N–H and O–H groups in total. The van der Waals surface area contributed by atoms with Crippen molar-refractivity contribution in [2.24, 2.45) is 5.92 Å². The third kappa shape index (κ3) is 4.22. The van der Waals surface area contributed by atoms with Crippen LogP contribution in [0.2, 0.25) is 0 Å². The molecule has 1 fully saturated rings. The molecule has 1 aromatic rings. The molecule has 1 nitrogen and oxygen atoms in total. The first-order valence-electron chi connectivity index (χ1n) is 7.73. The SMILES string of the molecule is CC(C)CC1(Cc2ccccc2C(F)(F)F)CCCCN1. The van der Waals surface area contributed by atoms with E-state index < -0.39 is 11.7 Å². The summed E-state index contributed by atoms with van der Waals surface area (Å²) in [6.07, 6.45) is 0.260. The highest BCUT2D eigenvalue weighted by Gasteiger charge is 2.37. The van der Waals surface area contributed by atoms with Crippen molar-refractivity contribution in [1.82, 2.24) is 5.32 Å². The van der Waals surface area contributed by atoms with E-state index in [0.29, 0.717) is 17.9 Å². The monoisotopic (exact) mass is 299 g/mol. The van der Waals surface area contributed by atoms with Crippen molar-refractivity contribution in [3.8, 4) is 0 Å². The maximum absolute atomic E-state index is 13.2. The molecule has 0 aromatic heterocycles. The van der Waals surface area contributed by atoms with E-state index in [-0.39, 0.29) is 5.54 Å². The van der Waals surface area contributed by atoms with E-state index in [1.54, 1.807) is 12.1 Å². The Morgan fingerprint density at radius 2 is 1.90 bits per heavy atom. The van der Waals surface area contributed by atoms with Crippen molar-refractivity contribution in [3.63, 3.8) is 0 Å². The van der Waals surface area contributed by atoms with Gasteiger partial charge in [0.1, 0.15) is 0 Å². The maximum atomic E-state index is 13.2. The van der Waals surface area contributed by atoms with E-state index >= 15 is 0 Å². The summed E-state index contributed by atoms with van der Waals surface area (Å²) in [4.78, 5) is 0. The first-order chi connectivity index (χ1) is 9.82. The first kappa shape index (κ1) is 16.3. The fourth-order valence-corrected chi connectivity index (χ4v) is 3.52. The van der Waals surface area contributed by atoms with Gasteiger partial charge in [0.05, 0.1) is 5.56 Å². The Morgan fingerprint density at radius 1 is 1.19 bits per heavy atom. The van der Waals surface area contributed by atoms with Gasteiger partial charge in [-0.1, -0.05) is 38.5 Å². The molecule has 0 amide bonds. The summed E-state index contributed by atoms with van der Waals surface area (Å²) in [5, 5.41) is 3.52. The second-order valence-corrected chi connectivity index (χ2v) is 6.59. The van der Waals surface area contributed by atoms with Crippen LogP contribution in [0.5, 0.6) is 0 Å². The van der Waals surface area contributed by atoms with Crippen LogP contribution in [-0.2, 0) is 12.6 Å². The van der Waals surface area contributed by atoms with Crippen molar-refractivity contribution < 1.29 is 13.2 Å². The molecular weight excluding hydrogens is 275 g/mol. The number of rotatable bonds is 4. The molecule has 1 heterocycles. The molecule has 0 aliphatic carbocycles. The van der Waals surface area contributed by atoms with Gasteiger partial charge in [0.25, 0.3) is 0 Å². The fourth-order valence-electron chi connectivity index (χ4n) is 3.52. The minimum absolute atomic E-state index is 0.187. The highest BCUT2D eigenvalue weighted by molar-refractivity contribution is 5.31. The van der Waals surface area contributed by atoms with Crippen LogP contribution in [0.15, 0.2) is 24.3 Å². The summed E-state index contributed by atoms with van der Waals surface area (Å²) < 4.78 is 39.5. The Labute approximate surface area is 124 Å². The number of alkyl halides is 3. The van der Waals surface area contributed by atoms with Crippen molar-refractivity contribution in [3.05, 3.63) is 35.4 Å². The predicted octanol–water partition coefficient (Wildman–Crippen LogP) is 4.81. The number of benzene rings is 1. The van der Waals surface area contributed by atoms with Crippen LogP contribution >= 0.6 is 0 Å². The standard InChI is InChI=1S/C17H24F3N/c1-13(2)11-16(9-5-6-10-21-16)12-14-7-3-4-8-15(14)17(18,19)20/h3-4,7-8,13,21H,5-6,9-12H2,1-2H3. The average Bonchev–Trinajstić information content (AvgIpc) is 2.38. The molecule has 1 aromatic carbocycles. The molecule has 21 heavy (non-hydrogen) atoms. The van der Waals surface area contributed by atoms with Gasteiger partial charge in [-0.05, 0) is 49.8 Å². The number of hydrogen-bond donors (Lipinski definition) is 1. The molecule has 4 heteroatoms. The molecule has 1 atom stereocenters. The highest BCUT2D eigenvalue weighted by atomic mass is 19.4. The average molecular weight is 299 g/mol. The largest absolute Gasteiger partial charge is 0.416 e. The van der Waals surface area contributed by atoms with Gasteiger partial charge >= 0.3 is 6.18 Å². The Hall–Kier alpha value is -1.03. The Bertz CT molecular complexity index is 459. The number of hydrogen-bond acceptors (Lipinski definition) is 1. The summed E-state index contributed by atoms with van der Waals surface area (Å²) >= 11 is 0. The van der Waals surface area contributed by atoms with Gasteiger partial charge < -0.3 is 5.32 Å². The van der Waals surface area contributed by atoms with Crippen LogP contribution in [0.4, 0.5) is 13.2 Å². The zero-order valence-electron chi connectivity index (χ0n) is 12.8. The lowest BCUT2D eigenvalue weighted by molar-refractivity contribution is -0.138. The van der Waals surface area contributed by atoms with Crippen molar-refractivity contribution in [1.29, 1.82) is 0 Å². The molecule has 0 bridgehead atoms. The van der Waals surface area contributed by atoms with Gasteiger partial charge in [-0.3, -0.25) is 0 Å². The second kappa shape index (κ2) is 6.39. The van der Waals surface area contributed by atoms with Gasteiger partial charge in [0, 0.05) is 5.54 Å². The summed E-state index contributed by atoms with van der Waals surface area (Å²) in [6.45, 7) is 5.17. The molecule has 2 rings (SSSR count). The quantitative estimate of drug-likeness (QED) is 0.841.